The van der Waals surface area contributed by atoms with Gasteiger partial charge < -0.3 is 4.90 Å². The average Bonchev–Trinajstić information content (AvgIpc) is 3.14. The highest BCUT2D eigenvalue weighted by atomic mass is 32.1. The monoisotopic (exact) mass is 342 g/mol. The zero-order valence-corrected chi connectivity index (χ0v) is 14.4. The van der Waals surface area contributed by atoms with Crippen LogP contribution in [-0.4, -0.2) is 28.7 Å². The van der Waals surface area contributed by atoms with Crippen LogP contribution >= 0.6 is 11.3 Å². The smallest absolute Gasteiger partial charge is 0.257 e. The van der Waals surface area contributed by atoms with Crippen molar-refractivity contribution in [3.63, 3.8) is 0 Å². The molecule has 1 fully saturated rings. The van der Waals surface area contributed by atoms with Crippen molar-refractivity contribution in [1.29, 1.82) is 0 Å². The Hall–Kier alpha value is -2.47. The number of benzene rings is 1. The Bertz CT molecular complexity index is 768. The summed E-state index contributed by atoms with van der Waals surface area (Å²) >= 11 is 1.52. The summed E-state index contributed by atoms with van der Waals surface area (Å²) in [6.07, 6.45) is 0.0255. The SMILES string of the molecule is CC(=O)N(Cc1cccs1)C1CC(=O)N(c2ccc(C)cc2)C1=O. The largest absolute Gasteiger partial charge is 0.325 e. The number of thiophene rings is 1. The predicted octanol–water partition coefficient (Wildman–Crippen LogP) is 2.74. The highest BCUT2D eigenvalue weighted by Gasteiger charge is 2.43. The van der Waals surface area contributed by atoms with Crippen LogP contribution in [0.3, 0.4) is 0 Å². The van der Waals surface area contributed by atoms with Gasteiger partial charge in [0.05, 0.1) is 18.7 Å². The molecule has 0 spiro atoms. The molecule has 1 saturated heterocycles. The van der Waals surface area contributed by atoms with Crippen LogP contribution in [0.4, 0.5) is 5.69 Å². The summed E-state index contributed by atoms with van der Waals surface area (Å²) in [4.78, 5) is 40.9. The average molecular weight is 342 g/mol. The lowest BCUT2D eigenvalue weighted by Crippen LogP contribution is -2.44. The van der Waals surface area contributed by atoms with Crippen molar-refractivity contribution in [2.24, 2.45) is 0 Å². The quantitative estimate of drug-likeness (QED) is 0.803. The van der Waals surface area contributed by atoms with Gasteiger partial charge in [0.2, 0.25) is 11.8 Å². The number of nitrogens with zero attached hydrogens (tertiary/aromatic N) is 2. The highest BCUT2D eigenvalue weighted by Crippen LogP contribution is 2.27. The van der Waals surface area contributed by atoms with E-state index in [0.717, 1.165) is 10.4 Å². The zero-order valence-electron chi connectivity index (χ0n) is 13.6. The maximum absolute atomic E-state index is 12.8. The number of amides is 3. The molecule has 0 bridgehead atoms. The molecule has 1 aliphatic heterocycles. The molecule has 1 unspecified atom stereocenters. The maximum Gasteiger partial charge on any atom is 0.257 e. The van der Waals surface area contributed by atoms with E-state index in [9.17, 15) is 14.4 Å². The Labute approximate surface area is 144 Å². The number of imide groups is 1. The molecule has 1 aliphatic rings. The summed E-state index contributed by atoms with van der Waals surface area (Å²) in [6.45, 7) is 3.72. The van der Waals surface area contributed by atoms with E-state index in [1.807, 2.05) is 36.6 Å². The summed E-state index contributed by atoms with van der Waals surface area (Å²) in [6, 6.07) is 10.3. The molecular formula is C18H18N2O3S. The van der Waals surface area contributed by atoms with Crippen molar-refractivity contribution in [3.05, 3.63) is 52.2 Å². The lowest BCUT2D eigenvalue weighted by Gasteiger charge is -2.26. The third-order valence-electron chi connectivity index (χ3n) is 4.10. The van der Waals surface area contributed by atoms with Crippen LogP contribution in [0.5, 0.6) is 0 Å². The Balaban J connectivity index is 1.86. The van der Waals surface area contributed by atoms with Gasteiger partial charge in [0.25, 0.3) is 5.91 Å². The maximum atomic E-state index is 12.8. The minimum Gasteiger partial charge on any atom is -0.325 e. The highest BCUT2D eigenvalue weighted by molar-refractivity contribution is 7.09. The number of carbonyl (C=O) groups excluding carboxylic acids is 3. The predicted molar refractivity (Wildman–Crippen MR) is 92.6 cm³/mol. The Morgan fingerprint density at radius 2 is 1.96 bits per heavy atom. The van der Waals surface area contributed by atoms with E-state index in [4.69, 9.17) is 0 Å². The van der Waals surface area contributed by atoms with Crippen LogP contribution in [-0.2, 0) is 20.9 Å². The second kappa shape index (κ2) is 6.57. The van der Waals surface area contributed by atoms with Gasteiger partial charge in [0.15, 0.2) is 0 Å². The van der Waals surface area contributed by atoms with E-state index in [2.05, 4.69) is 0 Å². The molecule has 1 atom stereocenters. The third kappa shape index (κ3) is 3.10. The molecular weight excluding hydrogens is 324 g/mol. The van der Waals surface area contributed by atoms with E-state index in [0.29, 0.717) is 12.2 Å². The van der Waals surface area contributed by atoms with Crippen molar-refractivity contribution < 1.29 is 14.4 Å². The molecule has 0 saturated carbocycles. The first-order chi connectivity index (χ1) is 11.5. The molecule has 1 aromatic carbocycles. The first-order valence-corrected chi connectivity index (χ1v) is 8.58. The molecule has 3 rings (SSSR count). The Kier molecular flexibility index (Phi) is 4.49. The minimum absolute atomic E-state index is 0.0255. The number of rotatable bonds is 4. The van der Waals surface area contributed by atoms with Crippen molar-refractivity contribution in [3.8, 4) is 0 Å². The van der Waals surface area contributed by atoms with Gasteiger partial charge in [0.1, 0.15) is 6.04 Å². The third-order valence-corrected chi connectivity index (χ3v) is 4.96. The molecule has 2 aromatic rings. The summed E-state index contributed by atoms with van der Waals surface area (Å²) in [7, 11) is 0. The van der Waals surface area contributed by atoms with E-state index in [1.54, 1.807) is 12.1 Å². The fourth-order valence-corrected chi connectivity index (χ4v) is 3.54. The molecule has 124 valence electrons. The zero-order chi connectivity index (χ0) is 17.3. The summed E-state index contributed by atoms with van der Waals surface area (Å²) < 4.78 is 0. The lowest BCUT2D eigenvalue weighted by molar-refractivity contribution is -0.137. The van der Waals surface area contributed by atoms with Gasteiger partial charge in [-0.05, 0) is 30.5 Å². The summed E-state index contributed by atoms with van der Waals surface area (Å²) in [5.41, 5.74) is 1.61. The van der Waals surface area contributed by atoms with Gasteiger partial charge in [-0.25, -0.2) is 4.90 Å². The number of hydrogen-bond acceptors (Lipinski definition) is 4. The molecule has 0 N–H and O–H groups in total. The van der Waals surface area contributed by atoms with Gasteiger partial charge >= 0.3 is 0 Å². The molecule has 5 nitrogen and oxygen atoms in total. The topological polar surface area (TPSA) is 57.7 Å². The molecule has 1 aromatic heterocycles. The first-order valence-electron chi connectivity index (χ1n) is 7.70. The van der Waals surface area contributed by atoms with Crippen LogP contribution in [0.1, 0.15) is 23.8 Å². The van der Waals surface area contributed by atoms with Crippen molar-refractivity contribution in [2.75, 3.05) is 4.90 Å². The van der Waals surface area contributed by atoms with Crippen LogP contribution in [0, 0.1) is 6.92 Å². The Morgan fingerprint density at radius 3 is 2.54 bits per heavy atom. The summed E-state index contributed by atoms with van der Waals surface area (Å²) in [5.74, 6) is -0.817. The van der Waals surface area contributed by atoms with Crippen LogP contribution in [0.15, 0.2) is 41.8 Å². The molecule has 6 heteroatoms. The molecule has 0 aliphatic carbocycles. The van der Waals surface area contributed by atoms with Crippen molar-refractivity contribution >= 4 is 34.7 Å². The molecule has 24 heavy (non-hydrogen) atoms. The lowest BCUT2D eigenvalue weighted by atomic mass is 10.2. The normalized spacial score (nSPS) is 17.4. The van der Waals surface area contributed by atoms with E-state index in [-0.39, 0.29) is 24.1 Å². The van der Waals surface area contributed by atoms with Gasteiger partial charge in [-0.3, -0.25) is 14.4 Å². The van der Waals surface area contributed by atoms with Crippen molar-refractivity contribution in [2.45, 2.75) is 32.9 Å². The first kappa shape index (κ1) is 16.4. The number of anilines is 1. The van der Waals surface area contributed by atoms with Crippen LogP contribution < -0.4 is 4.90 Å². The molecule has 3 amide bonds. The Morgan fingerprint density at radius 1 is 1.25 bits per heavy atom. The van der Waals surface area contributed by atoms with E-state index in [1.165, 1.54) is 28.1 Å². The van der Waals surface area contributed by atoms with E-state index >= 15 is 0 Å². The molecule has 0 radical (unpaired) electrons. The van der Waals surface area contributed by atoms with Crippen LogP contribution in [0.2, 0.25) is 0 Å². The van der Waals surface area contributed by atoms with Crippen LogP contribution in [0.25, 0.3) is 0 Å². The van der Waals surface area contributed by atoms with E-state index < -0.39 is 6.04 Å². The number of hydrogen-bond donors (Lipinski definition) is 0. The van der Waals surface area contributed by atoms with Gasteiger partial charge in [-0.15, -0.1) is 11.3 Å². The fourth-order valence-electron chi connectivity index (χ4n) is 2.84. The van der Waals surface area contributed by atoms with Gasteiger partial charge in [-0.1, -0.05) is 23.8 Å². The van der Waals surface area contributed by atoms with Crippen molar-refractivity contribution in [1.82, 2.24) is 4.90 Å². The molecule has 2 heterocycles. The summed E-state index contributed by atoms with van der Waals surface area (Å²) in [5, 5.41) is 1.92. The minimum atomic E-state index is -0.738. The number of aryl methyl sites for hydroxylation is 1. The van der Waals surface area contributed by atoms with Gasteiger partial charge in [-0.2, -0.15) is 0 Å². The van der Waals surface area contributed by atoms with Gasteiger partial charge in [0, 0.05) is 11.8 Å². The second-order valence-corrected chi connectivity index (χ2v) is 6.88. The fraction of sp³-hybridized carbons (Fsp3) is 0.278. The number of carbonyl (C=O) groups is 3. The second-order valence-electron chi connectivity index (χ2n) is 5.85. The standard InChI is InChI=1S/C18H18N2O3S/c1-12-5-7-14(8-6-12)20-17(22)10-16(18(20)23)19(13(2)21)11-15-4-3-9-24-15/h3-9,16H,10-11H2,1-2H3.